The van der Waals surface area contributed by atoms with Crippen LogP contribution in [0.1, 0.15) is 31.2 Å². The van der Waals surface area contributed by atoms with Crippen LogP contribution in [0.3, 0.4) is 0 Å². The lowest BCUT2D eigenvalue weighted by molar-refractivity contribution is 0.388. The van der Waals surface area contributed by atoms with Gasteiger partial charge in [-0.25, -0.2) is 0 Å². The highest BCUT2D eigenvalue weighted by Crippen LogP contribution is 2.29. The molecule has 1 aliphatic rings. The molecule has 0 heterocycles. The molecule has 1 fully saturated rings. The Bertz CT molecular complexity index is 450. The maximum atomic E-state index is 9.19. The van der Waals surface area contributed by atoms with Crippen LogP contribution in [0.25, 0.3) is 0 Å². The smallest absolute Gasteiger partial charge is 0.120 e. The predicted molar refractivity (Wildman–Crippen MR) is 72.7 cm³/mol. The van der Waals surface area contributed by atoms with E-state index in [-0.39, 0.29) is 12.0 Å². The summed E-state index contributed by atoms with van der Waals surface area (Å²) in [5, 5.41) is 12.7. The molecular weight excluding hydrogens is 224 g/mol. The Kier molecular flexibility index (Phi) is 4.09. The molecule has 1 aliphatic carbocycles. The molecule has 1 aromatic carbocycles. The lowest BCUT2D eigenvalue weighted by atomic mass is 9.85. The summed E-state index contributed by atoms with van der Waals surface area (Å²) in [5.41, 5.74) is 2.28. The normalized spacial score (nSPS) is 23.2. The van der Waals surface area contributed by atoms with Crippen molar-refractivity contribution in [3.05, 3.63) is 23.8 Å². The Morgan fingerprint density at radius 2 is 2.11 bits per heavy atom. The number of benzene rings is 1. The van der Waals surface area contributed by atoms with E-state index < -0.39 is 0 Å². The van der Waals surface area contributed by atoms with Crippen LogP contribution in [0.4, 0.5) is 5.69 Å². The Hall–Kier alpha value is -1.69. The second-order valence-electron chi connectivity index (χ2n) is 4.95. The number of hydrogen-bond acceptors (Lipinski definition) is 3. The average Bonchev–Trinajstić information content (AvgIpc) is 2.42. The Balaban J connectivity index is 2.14. The van der Waals surface area contributed by atoms with Crippen molar-refractivity contribution in [2.75, 3.05) is 12.4 Å². The first-order chi connectivity index (χ1) is 8.74. The maximum Gasteiger partial charge on any atom is 0.120 e. The maximum absolute atomic E-state index is 9.19. The molecule has 0 amide bonds. The lowest BCUT2D eigenvalue weighted by Gasteiger charge is -2.29. The third-order valence-electron chi connectivity index (χ3n) is 3.72. The van der Waals surface area contributed by atoms with Gasteiger partial charge < -0.3 is 10.1 Å². The molecule has 1 saturated carbocycles. The number of anilines is 1. The van der Waals surface area contributed by atoms with Crippen LogP contribution in [0.2, 0.25) is 0 Å². The minimum Gasteiger partial charge on any atom is -0.497 e. The zero-order valence-corrected chi connectivity index (χ0v) is 11.1. The van der Waals surface area contributed by atoms with Gasteiger partial charge in [0.05, 0.1) is 19.1 Å². The summed E-state index contributed by atoms with van der Waals surface area (Å²) in [6, 6.07) is 8.72. The van der Waals surface area contributed by atoms with Gasteiger partial charge in [0.2, 0.25) is 0 Å². The molecule has 2 atom stereocenters. The van der Waals surface area contributed by atoms with Crippen molar-refractivity contribution in [3.63, 3.8) is 0 Å². The van der Waals surface area contributed by atoms with Gasteiger partial charge in [-0.15, -0.1) is 0 Å². The zero-order valence-electron chi connectivity index (χ0n) is 11.1. The predicted octanol–water partition coefficient (Wildman–Crippen LogP) is 3.50. The SMILES string of the molecule is COc1ccc(C)c(NC2CCCCC2C#N)c1. The van der Waals surface area contributed by atoms with Crippen molar-refractivity contribution >= 4 is 5.69 Å². The first-order valence-electron chi connectivity index (χ1n) is 6.55. The molecule has 0 spiro atoms. The van der Waals surface area contributed by atoms with E-state index in [4.69, 9.17) is 4.74 Å². The van der Waals surface area contributed by atoms with Crippen LogP contribution in [0.5, 0.6) is 5.75 Å². The van der Waals surface area contributed by atoms with E-state index in [2.05, 4.69) is 18.3 Å². The minimum absolute atomic E-state index is 0.129. The summed E-state index contributed by atoms with van der Waals surface area (Å²) in [6.07, 6.45) is 4.47. The number of hydrogen-bond donors (Lipinski definition) is 1. The molecule has 96 valence electrons. The van der Waals surface area contributed by atoms with E-state index in [1.165, 1.54) is 18.4 Å². The highest BCUT2D eigenvalue weighted by Gasteiger charge is 2.25. The largest absolute Gasteiger partial charge is 0.497 e. The van der Waals surface area contributed by atoms with Gasteiger partial charge in [0, 0.05) is 17.8 Å². The third-order valence-corrected chi connectivity index (χ3v) is 3.72. The van der Waals surface area contributed by atoms with Gasteiger partial charge in [0.15, 0.2) is 0 Å². The molecule has 0 saturated heterocycles. The van der Waals surface area contributed by atoms with Gasteiger partial charge in [0.1, 0.15) is 5.75 Å². The highest BCUT2D eigenvalue weighted by molar-refractivity contribution is 5.55. The Morgan fingerprint density at radius 1 is 1.33 bits per heavy atom. The molecule has 3 nitrogen and oxygen atoms in total. The summed E-state index contributed by atoms with van der Waals surface area (Å²) >= 11 is 0. The summed E-state index contributed by atoms with van der Waals surface area (Å²) in [4.78, 5) is 0. The summed E-state index contributed by atoms with van der Waals surface area (Å²) < 4.78 is 5.25. The number of nitrogens with zero attached hydrogens (tertiary/aromatic N) is 1. The van der Waals surface area contributed by atoms with Crippen molar-refractivity contribution in [2.45, 2.75) is 38.6 Å². The van der Waals surface area contributed by atoms with Crippen molar-refractivity contribution < 1.29 is 4.74 Å². The fourth-order valence-electron chi connectivity index (χ4n) is 2.54. The topological polar surface area (TPSA) is 45.0 Å². The molecule has 18 heavy (non-hydrogen) atoms. The molecule has 0 bridgehead atoms. The molecule has 0 aliphatic heterocycles. The van der Waals surface area contributed by atoms with Crippen molar-refractivity contribution in [1.29, 1.82) is 5.26 Å². The van der Waals surface area contributed by atoms with Crippen molar-refractivity contribution in [3.8, 4) is 11.8 Å². The lowest BCUT2D eigenvalue weighted by Crippen LogP contribution is -2.31. The van der Waals surface area contributed by atoms with Gasteiger partial charge in [-0.3, -0.25) is 0 Å². The van der Waals surface area contributed by atoms with Crippen LogP contribution in [-0.4, -0.2) is 13.2 Å². The molecule has 1 aromatic rings. The van der Waals surface area contributed by atoms with E-state index in [0.717, 1.165) is 24.3 Å². The first kappa shape index (κ1) is 12.8. The number of methoxy groups -OCH3 is 1. The standard InChI is InChI=1S/C15H20N2O/c1-11-7-8-13(18-2)9-15(11)17-14-6-4-3-5-12(14)10-16/h7-9,12,14,17H,3-6H2,1-2H3. The van der Waals surface area contributed by atoms with Crippen LogP contribution >= 0.6 is 0 Å². The molecule has 2 unspecified atom stereocenters. The van der Waals surface area contributed by atoms with Gasteiger partial charge in [-0.2, -0.15) is 5.26 Å². The first-order valence-corrected chi connectivity index (χ1v) is 6.55. The second kappa shape index (κ2) is 5.77. The van der Waals surface area contributed by atoms with Crippen LogP contribution in [0, 0.1) is 24.2 Å². The molecule has 1 N–H and O–H groups in total. The second-order valence-corrected chi connectivity index (χ2v) is 4.95. The van der Waals surface area contributed by atoms with Gasteiger partial charge in [0.25, 0.3) is 0 Å². The van der Waals surface area contributed by atoms with E-state index in [1.807, 2.05) is 18.2 Å². The molecule has 2 rings (SSSR count). The fraction of sp³-hybridized carbons (Fsp3) is 0.533. The van der Waals surface area contributed by atoms with E-state index >= 15 is 0 Å². The van der Waals surface area contributed by atoms with Gasteiger partial charge in [-0.1, -0.05) is 18.9 Å². The molecule has 3 heteroatoms. The number of aryl methyl sites for hydroxylation is 1. The van der Waals surface area contributed by atoms with E-state index in [0.29, 0.717) is 0 Å². The van der Waals surface area contributed by atoms with E-state index in [9.17, 15) is 5.26 Å². The summed E-state index contributed by atoms with van der Waals surface area (Å²) in [6.45, 7) is 2.08. The highest BCUT2D eigenvalue weighted by atomic mass is 16.5. The number of rotatable bonds is 3. The number of nitriles is 1. The monoisotopic (exact) mass is 244 g/mol. The van der Waals surface area contributed by atoms with Gasteiger partial charge >= 0.3 is 0 Å². The average molecular weight is 244 g/mol. The Labute approximate surface area is 109 Å². The Morgan fingerprint density at radius 3 is 2.83 bits per heavy atom. The number of nitrogens with one attached hydrogen (secondary N) is 1. The van der Waals surface area contributed by atoms with Gasteiger partial charge in [-0.05, 0) is 31.4 Å². The quantitative estimate of drug-likeness (QED) is 0.885. The van der Waals surface area contributed by atoms with Crippen molar-refractivity contribution in [1.82, 2.24) is 0 Å². The zero-order chi connectivity index (χ0) is 13.0. The molecule has 0 aromatic heterocycles. The summed E-state index contributed by atoms with van der Waals surface area (Å²) in [5.74, 6) is 0.983. The fourth-order valence-corrected chi connectivity index (χ4v) is 2.54. The van der Waals surface area contributed by atoms with E-state index in [1.54, 1.807) is 7.11 Å². The molecular formula is C15H20N2O. The van der Waals surface area contributed by atoms with Crippen LogP contribution in [0.15, 0.2) is 18.2 Å². The van der Waals surface area contributed by atoms with Crippen LogP contribution < -0.4 is 10.1 Å². The number of ether oxygens (including phenoxy) is 1. The molecule has 0 radical (unpaired) electrons. The minimum atomic E-state index is 0.129. The van der Waals surface area contributed by atoms with Crippen LogP contribution in [-0.2, 0) is 0 Å². The summed E-state index contributed by atoms with van der Waals surface area (Å²) in [7, 11) is 1.67. The third kappa shape index (κ3) is 2.76. The van der Waals surface area contributed by atoms with Crippen molar-refractivity contribution in [2.24, 2.45) is 5.92 Å².